The number of hydrogen-bond donors (Lipinski definition) is 1. The number of esters is 1. The van der Waals surface area contributed by atoms with Gasteiger partial charge in [-0.25, -0.2) is 14.0 Å². The molecule has 1 aliphatic rings. The summed E-state index contributed by atoms with van der Waals surface area (Å²) in [5.41, 5.74) is 1.000. The van der Waals surface area contributed by atoms with Crippen molar-refractivity contribution in [3.63, 3.8) is 0 Å². The third kappa shape index (κ3) is 3.58. The van der Waals surface area contributed by atoms with Crippen LogP contribution in [0.3, 0.4) is 0 Å². The average molecular weight is 334 g/mol. The molecule has 0 spiro atoms. The third-order valence-corrected chi connectivity index (χ3v) is 4.15. The standard InChI is InChI=1S/C18H23FN2O3/c1-11(2)9-10-21-12(3)15(17(22)24-4)16(20-18(21)23)13-7-5-6-8-14(13)19/h5-8,11,16H,9-10H2,1-4H3,(H,20,23)/t16-/m1/s1. The topological polar surface area (TPSA) is 58.6 Å². The molecular formula is C18H23FN2O3. The molecule has 6 heteroatoms. The van der Waals surface area contributed by atoms with Gasteiger partial charge in [-0.3, -0.25) is 4.90 Å². The van der Waals surface area contributed by atoms with Crippen molar-refractivity contribution >= 4 is 12.0 Å². The molecule has 1 atom stereocenters. The number of carbonyl (C=O) groups excluding carboxylic acids is 2. The minimum Gasteiger partial charge on any atom is -0.466 e. The van der Waals surface area contributed by atoms with E-state index in [2.05, 4.69) is 19.2 Å². The van der Waals surface area contributed by atoms with Crippen LogP contribution in [0, 0.1) is 11.7 Å². The number of nitrogens with zero attached hydrogens (tertiary/aromatic N) is 1. The third-order valence-electron chi connectivity index (χ3n) is 4.15. The Bertz CT molecular complexity index is 670. The fourth-order valence-corrected chi connectivity index (χ4v) is 2.75. The van der Waals surface area contributed by atoms with E-state index in [9.17, 15) is 14.0 Å². The molecule has 2 amide bonds. The molecule has 5 nitrogen and oxygen atoms in total. The first-order valence-electron chi connectivity index (χ1n) is 7.98. The maximum absolute atomic E-state index is 14.2. The largest absolute Gasteiger partial charge is 0.466 e. The van der Waals surface area contributed by atoms with Gasteiger partial charge >= 0.3 is 12.0 Å². The summed E-state index contributed by atoms with van der Waals surface area (Å²) in [6.45, 7) is 6.30. The monoisotopic (exact) mass is 334 g/mol. The fraction of sp³-hybridized carbons (Fsp3) is 0.444. The Morgan fingerprint density at radius 3 is 2.62 bits per heavy atom. The minimum absolute atomic E-state index is 0.245. The summed E-state index contributed by atoms with van der Waals surface area (Å²) in [5.74, 6) is -0.639. The number of amides is 2. The second-order valence-corrected chi connectivity index (χ2v) is 6.23. The number of benzene rings is 1. The first-order chi connectivity index (χ1) is 11.4. The quantitative estimate of drug-likeness (QED) is 0.840. The van der Waals surface area contributed by atoms with E-state index in [0.717, 1.165) is 6.42 Å². The van der Waals surface area contributed by atoms with Crippen molar-refractivity contribution in [2.24, 2.45) is 5.92 Å². The molecule has 1 aliphatic heterocycles. The van der Waals surface area contributed by atoms with Crippen LogP contribution in [0.1, 0.15) is 38.8 Å². The molecule has 2 rings (SSSR count). The summed E-state index contributed by atoms with van der Waals surface area (Å²) >= 11 is 0. The van der Waals surface area contributed by atoms with Crippen LogP contribution in [-0.4, -0.2) is 30.6 Å². The molecule has 1 aromatic rings. The summed E-state index contributed by atoms with van der Waals surface area (Å²) < 4.78 is 19.0. The van der Waals surface area contributed by atoms with Gasteiger partial charge in [0.05, 0.1) is 18.7 Å². The van der Waals surface area contributed by atoms with E-state index in [4.69, 9.17) is 4.74 Å². The van der Waals surface area contributed by atoms with E-state index in [-0.39, 0.29) is 17.2 Å². The maximum Gasteiger partial charge on any atom is 0.337 e. The van der Waals surface area contributed by atoms with Gasteiger partial charge in [0.25, 0.3) is 0 Å². The Morgan fingerprint density at radius 2 is 2.04 bits per heavy atom. The van der Waals surface area contributed by atoms with Crippen LogP contribution in [0.15, 0.2) is 35.5 Å². The highest BCUT2D eigenvalue weighted by Crippen LogP contribution is 2.32. The van der Waals surface area contributed by atoms with E-state index in [0.29, 0.717) is 18.2 Å². The van der Waals surface area contributed by atoms with Crippen molar-refractivity contribution in [3.8, 4) is 0 Å². The molecule has 0 saturated carbocycles. The summed E-state index contributed by atoms with van der Waals surface area (Å²) in [7, 11) is 1.27. The molecular weight excluding hydrogens is 311 g/mol. The summed E-state index contributed by atoms with van der Waals surface area (Å²) in [4.78, 5) is 26.3. The van der Waals surface area contributed by atoms with Crippen molar-refractivity contribution in [3.05, 3.63) is 46.9 Å². The highest BCUT2D eigenvalue weighted by molar-refractivity contribution is 5.95. The van der Waals surface area contributed by atoms with E-state index in [1.807, 2.05) is 0 Å². The first kappa shape index (κ1) is 18.0. The van der Waals surface area contributed by atoms with Crippen molar-refractivity contribution in [2.75, 3.05) is 13.7 Å². The Morgan fingerprint density at radius 1 is 1.38 bits per heavy atom. The van der Waals surface area contributed by atoms with Gasteiger partial charge in [0.2, 0.25) is 0 Å². The normalized spacial score (nSPS) is 18.0. The highest BCUT2D eigenvalue weighted by atomic mass is 19.1. The minimum atomic E-state index is -0.860. The Kier molecular flexibility index (Phi) is 5.59. The number of halogens is 1. The fourth-order valence-electron chi connectivity index (χ4n) is 2.75. The van der Waals surface area contributed by atoms with Crippen molar-refractivity contribution < 1.29 is 18.7 Å². The lowest BCUT2D eigenvalue weighted by Crippen LogP contribution is -2.48. The predicted octanol–water partition coefficient (Wildman–Crippen LogP) is 3.39. The summed E-state index contributed by atoms with van der Waals surface area (Å²) in [6, 6.07) is 4.89. The number of rotatable bonds is 5. The summed E-state index contributed by atoms with van der Waals surface area (Å²) in [5, 5.41) is 2.73. The van der Waals surface area contributed by atoms with Gasteiger partial charge in [0.1, 0.15) is 5.82 Å². The molecule has 0 radical (unpaired) electrons. The number of nitrogens with one attached hydrogen (secondary N) is 1. The van der Waals surface area contributed by atoms with Gasteiger partial charge in [-0.2, -0.15) is 0 Å². The van der Waals surface area contributed by atoms with Crippen LogP contribution in [0.25, 0.3) is 0 Å². The van der Waals surface area contributed by atoms with Crippen LogP contribution in [0.4, 0.5) is 9.18 Å². The molecule has 24 heavy (non-hydrogen) atoms. The zero-order valence-electron chi connectivity index (χ0n) is 14.4. The average Bonchev–Trinajstić information content (AvgIpc) is 2.53. The van der Waals surface area contributed by atoms with Crippen LogP contribution in [-0.2, 0) is 9.53 Å². The second kappa shape index (κ2) is 7.47. The van der Waals surface area contributed by atoms with Gasteiger partial charge in [-0.1, -0.05) is 32.0 Å². The van der Waals surface area contributed by atoms with Crippen LogP contribution in [0.5, 0.6) is 0 Å². The number of allylic oxidation sites excluding steroid dienone is 1. The number of ether oxygens (including phenoxy) is 1. The molecule has 0 fully saturated rings. The lowest BCUT2D eigenvalue weighted by molar-refractivity contribution is -0.136. The second-order valence-electron chi connectivity index (χ2n) is 6.23. The smallest absolute Gasteiger partial charge is 0.337 e. The predicted molar refractivity (Wildman–Crippen MR) is 88.5 cm³/mol. The molecule has 0 saturated heterocycles. The van der Waals surface area contributed by atoms with Crippen LogP contribution >= 0.6 is 0 Å². The van der Waals surface area contributed by atoms with E-state index in [1.54, 1.807) is 25.1 Å². The lowest BCUT2D eigenvalue weighted by atomic mass is 9.94. The molecule has 130 valence electrons. The lowest BCUT2D eigenvalue weighted by Gasteiger charge is -2.35. The number of carbonyl (C=O) groups is 2. The van der Waals surface area contributed by atoms with Gasteiger partial charge in [-0.15, -0.1) is 0 Å². The van der Waals surface area contributed by atoms with E-state index in [1.165, 1.54) is 18.1 Å². The SMILES string of the molecule is COC(=O)C1=C(C)N(CCC(C)C)C(=O)N[C@@H]1c1ccccc1F. The molecule has 0 unspecified atom stereocenters. The van der Waals surface area contributed by atoms with Gasteiger partial charge in [-0.05, 0) is 25.3 Å². The molecule has 0 bridgehead atoms. The number of urea groups is 1. The zero-order valence-corrected chi connectivity index (χ0v) is 14.4. The van der Waals surface area contributed by atoms with E-state index < -0.39 is 17.8 Å². The van der Waals surface area contributed by atoms with Gasteiger partial charge in [0, 0.05) is 17.8 Å². The number of hydrogen-bond acceptors (Lipinski definition) is 3. The van der Waals surface area contributed by atoms with Crippen LogP contribution < -0.4 is 5.32 Å². The Balaban J connectivity index is 2.48. The molecule has 0 aromatic heterocycles. The van der Waals surface area contributed by atoms with Crippen molar-refractivity contribution in [1.29, 1.82) is 0 Å². The molecule has 1 aromatic carbocycles. The van der Waals surface area contributed by atoms with Gasteiger partial charge < -0.3 is 10.1 Å². The Labute approximate surface area is 141 Å². The summed E-state index contributed by atoms with van der Waals surface area (Å²) in [6.07, 6.45) is 0.795. The molecule has 1 heterocycles. The van der Waals surface area contributed by atoms with E-state index >= 15 is 0 Å². The van der Waals surface area contributed by atoms with Crippen molar-refractivity contribution in [1.82, 2.24) is 10.2 Å². The molecule has 0 aliphatic carbocycles. The number of methoxy groups -OCH3 is 1. The first-order valence-corrected chi connectivity index (χ1v) is 7.98. The molecule has 1 N–H and O–H groups in total. The van der Waals surface area contributed by atoms with Gasteiger partial charge in [0.15, 0.2) is 0 Å². The maximum atomic E-state index is 14.2. The van der Waals surface area contributed by atoms with Crippen molar-refractivity contribution in [2.45, 2.75) is 33.2 Å². The highest BCUT2D eigenvalue weighted by Gasteiger charge is 2.37. The zero-order chi connectivity index (χ0) is 17.9. The van der Waals surface area contributed by atoms with Crippen LogP contribution in [0.2, 0.25) is 0 Å². The Hall–Kier alpha value is -2.37.